The highest BCUT2D eigenvalue weighted by atomic mass is 15.2. The lowest BCUT2D eigenvalue weighted by Gasteiger charge is -2.34. The summed E-state index contributed by atoms with van der Waals surface area (Å²) in [4.78, 5) is 5.40. The van der Waals surface area contributed by atoms with Crippen LogP contribution in [0.4, 0.5) is 0 Å². The lowest BCUT2D eigenvalue weighted by atomic mass is 9.75. The lowest BCUT2D eigenvalue weighted by Crippen LogP contribution is -2.36. The van der Waals surface area contributed by atoms with E-state index in [9.17, 15) is 0 Å². The first-order valence-corrected chi connectivity index (χ1v) is 16.6. The molecule has 4 nitrogen and oxygen atoms in total. The molecule has 0 saturated heterocycles. The fourth-order valence-corrected chi connectivity index (χ4v) is 8.44. The fourth-order valence-electron chi connectivity index (χ4n) is 8.44. The molecule has 2 aliphatic heterocycles. The second-order valence-corrected chi connectivity index (χ2v) is 13.6. The standard InChI is InChI=1S/C43H34N4/c1-43(2)31-20-10-12-23-36(31)46-37-24-25-38-39(40(37)30-19-13-21-32(43)41(30)46)29-18-9-11-22-35(29)47(38)42-44-33(27-14-5-3-6-15-27)26-34(45-42)28-16-7-4-8-17-28/h3-16,18-26,28,33H,17H2,1-2H3,(H,44,45). The van der Waals surface area contributed by atoms with Gasteiger partial charge < -0.3 is 9.88 Å². The average molecular weight is 607 g/mol. The van der Waals surface area contributed by atoms with Crippen LogP contribution in [0.2, 0.25) is 0 Å². The quantitative estimate of drug-likeness (QED) is 0.209. The molecule has 47 heavy (non-hydrogen) atoms. The van der Waals surface area contributed by atoms with Crippen molar-refractivity contribution in [3.63, 3.8) is 0 Å². The van der Waals surface area contributed by atoms with Gasteiger partial charge in [0.15, 0.2) is 0 Å². The topological polar surface area (TPSA) is 34.2 Å². The summed E-state index contributed by atoms with van der Waals surface area (Å²) in [6.45, 7) is 4.73. The van der Waals surface area contributed by atoms with Crippen LogP contribution in [-0.4, -0.2) is 15.1 Å². The molecule has 3 aliphatic rings. The molecule has 5 aromatic carbocycles. The van der Waals surface area contributed by atoms with Crippen LogP contribution in [0.15, 0.2) is 150 Å². The number of rotatable bonds is 2. The first-order valence-electron chi connectivity index (χ1n) is 16.6. The number of aromatic nitrogens is 2. The van der Waals surface area contributed by atoms with E-state index in [-0.39, 0.29) is 17.4 Å². The predicted octanol–water partition coefficient (Wildman–Crippen LogP) is 10.1. The van der Waals surface area contributed by atoms with Crippen molar-refractivity contribution in [2.24, 2.45) is 10.9 Å². The van der Waals surface area contributed by atoms with Gasteiger partial charge in [0, 0.05) is 38.6 Å². The van der Waals surface area contributed by atoms with Gasteiger partial charge in [-0.15, -0.1) is 0 Å². The van der Waals surface area contributed by atoms with Gasteiger partial charge in [-0.2, -0.15) is 0 Å². The minimum absolute atomic E-state index is 0.00950. The highest BCUT2D eigenvalue weighted by molar-refractivity contribution is 6.30. The third-order valence-corrected chi connectivity index (χ3v) is 10.7. The minimum atomic E-state index is -0.105. The highest BCUT2D eigenvalue weighted by Gasteiger charge is 2.35. The van der Waals surface area contributed by atoms with Gasteiger partial charge in [-0.25, -0.2) is 4.99 Å². The fraction of sp³-hybridized carbons (Fsp3) is 0.140. The zero-order chi connectivity index (χ0) is 31.3. The van der Waals surface area contributed by atoms with Crippen molar-refractivity contribution in [3.8, 4) is 5.69 Å². The van der Waals surface area contributed by atoms with Crippen LogP contribution >= 0.6 is 0 Å². The van der Waals surface area contributed by atoms with Gasteiger partial charge in [0.25, 0.3) is 0 Å². The Kier molecular flexibility index (Phi) is 5.49. The highest BCUT2D eigenvalue weighted by Crippen LogP contribution is 2.49. The van der Waals surface area contributed by atoms with Gasteiger partial charge in [0.1, 0.15) is 0 Å². The second-order valence-electron chi connectivity index (χ2n) is 13.6. The molecule has 0 bridgehead atoms. The van der Waals surface area contributed by atoms with E-state index in [1.54, 1.807) is 0 Å². The molecule has 0 radical (unpaired) electrons. The summed E-state index contributed by atoms with van der Waals surface area (Å²) in [6, 6.07) is 40.0. The summed E-state index contributed by atoms with van der Waals surface area (Å²) in [5.74, 6) is 1.11. The normalized spacial score (nSPS) is 19.6. The maximum atomic E-state index is 5.40. The smallest absolute Gasteiger partial charge is 0.208 e. The van der Waals surface area contributed by atoms with Crippen LogP contribution in [0.1, 0.15) is 43.0 Å². The Bertz CT molecular complexity index is 2550. The zero-order valence-electron chi connectivity index (χ0n) is 26.5. The first kappa shape index (κ1) is 26.6. The Morgan fingerprint density at radius 1 is 0.681 bits per heavy atom. The molecular formula is C43H34N4. The molecule has 10 rings (SSSR count). The van der Waals surface area contributed by atoms with Gasteiger partial charge >= 0.3 is 0 Å². The molecule has 2 unspecified atom stereocenters. The molecule has 7 aromatic rings. The molecule has 0 fully saturated rings. The molecule has 0 amide bonds. The number of benzene rings is 5. The number of aliphatic imine (C=N–C) groups is 1. The van der Waals surface area contributed by atoms with E-state index < -0.39 is 0 Å². The third kappa shape index (κ3) is 3.67. The molecule has 4 heterocycles. The SMILES string of the molecule is CC1(C)c2ccccc2-n2c3ccc4c(c5ccccc5n4C4=NC(C5C=CC=CC5)=CC(c5ccccc5)N4)c3c3cccc1c32. The summed E-state index contributed by atoms with van der Waals surface area (Å²) in [5, 5.41) is 8.97. The Balaban J connectivity index is 1.29. The van der Waals surface area contributed by atoms with Crippen LogP contribution in [-0.2, 0) is 5.41 Å². The molecule has 4 heteroatoms. The second kappa shape index (κ2) is 9.70. The van der Waals surface area contributed by atoms with Gasteiger partial charge in [-0.05, 0) is 53.5 Å². The van der Waals surface area contributed by atoms with E-state index in [4.69, 9.17) is 4.99 Å². The maximum absolute atomic E-state index is 5.40. The number of nitrogens with zero attached hydrogens (tertiary/aromatic N) is 3. The van der Waals surface area contributed by atoms with Crippen LogP contribution in [0, 0.1) is 5.92 Å². The maximum Gasteiger partial charge on any atom is 0.208 e. The van der Waals surface area contributed by atoms with E-state index in [0.717, 1.165) is 29.1 Å². The number of nitrogens with one attached hydrogen (secondary N) is 1. The van der Waals surface area contributed by atoms with Crippen LogP contribution in [0.25, 0.3) is 49.3 Å². The number of fused-ring (bicyclic) bond motifs is 9. The molecule has 226 valence electrons. The van der Waals surface area contributed by atoms with Gasteiger partial charge in [-0.1, -0.05) is 123 Å². The predicted molar refractivity (Wildman–Crippen MR) is 196 cm³/mol. The Morgan fingerprint density at radius 3 is 2.26 bits per heavy atom. The molecule has 1 N–H and O–H groups in total. The molecule has 0 spiro atoms. The van der Waals surface area contributed by atoms with Crippen molar-refractivity contribution >= 4 is 49.6 Å². The number of para-hydroxylation sites is 3. The van der Waals surface area contributed by atoms with Crippen LogP contribution in [0.3, 0.4) is 0 Å². The zero-order valence-corrected chi connectivity index (χ0v) is 26.5. The average Bonchev–Trinajstić information content (AvgIpc) is 3.65. The van der Waals surface area contributed by atoms with Crippen molar-refractivity contribution in [3.05, 3.63) is 162 Å². The molecule has 2 atom stereocenters. The summed E-state index contributed by atoms with van der Waals surface area (Å²) in [5.41, 5.74) is 11.1. The van der Waals surface area contributed by atoms with E-state index in [1.165, 1.54) is 55.0 Å². The van der Waals surface area contributed by atoms with Gasteiger partial charge in [-0.3, -0.25) is 4.57 Å². The number of hydrogen-bond donors (Lipinski definition) is 1. The first-order chi connectivity index (χ1) is 23.1. The van der Waals surface area contributed by atoms with Crippen molar-refractivity contribution in [2.75, 3.05) is 0 Å². The van der Waals surface area contributed by atoms with Crippen molar-refractivity contribution in [1.29, 1.82) is 0 Å². The molecule has 1 aliphatic carbocycles. The number of hydrogen-bond acceptors (Lipinski definition) is 2. The van der Waals surface area contributed by atoms with E-state index in [2.05, 4.69) is 168 Å². The lowest BCUT2D eigenvalue weighted by molar-refractivity contribution is 0.630. The Morgan fingerprint density at radius 2 is 1.40 bits per heavy atom. The van der Waals surface area contributed by atoms with Gasteiger partial charge in [0.05, 0.1) is 33.8 Å². The Labute approximate surface area is 273 Å². The van der Waals surface area contributed by atoms with Crippen molar-refractivity contribution in [1.82, 2.24) is 14.5 Å². The summed E-state index contributed by atoms with van der Waals surface area (Å²) >= 11 is 0. The molecule has 0 saturated carbocycles. The largest absolute Gasteiger partial charge is 0.345 e. The van der Waals surface area contributed by atoms with E-state index in [0.29, 0.717) is 0 Å². The Hall–Kier alpha value is -5.61. The number of allylic oxidation sites excluding steroid dienone is 4. The van der Waals surface area contributed by atoms with Crippen molar-refractivity contribution in [2.45, 2.75) is 31.7 Å². The van der Waals surface area contributed by atoms with E-state index in [1.807, 2.05) is 0 Å². The van der Waals surface area contributed by atoms with Crippen LogP contribution < -0.4 is 5.32 Å². The van der Waals surface area contributed by atoms with E-state index >= 15 is 0 Å². The molecule has 2 aromatic heterocycles. The molecular weight excluding hydrogens is 573 g/mol. The van der Waals surface area contributed by atoms with Gasteiger partial charge in [0.2, 0.25) is 5.96 Å². The summed E-state index contributed by atoms with van der Waals surface area (Å²) in [7, 11) is 0. The monoisotopic (exact) mass is 606 g/mol. The van der Waals surface area contributed by atoms with Crippen LogP contribution in [0.5, 0.6) is 0 Å². The minimum Gasteiger partial charge on any atom is -0.345 e. The van der Waals surface area contributed by atoms with Crippen molar-refractivity contribution < 1.29 is 0 Å². The summed E-state index contributed by atoms with van der Waals surface area (Å²) < 4.78 is 4.87. The summed E-state index contributed by atoms with van der Waals surface area (Å²) in [6.07, 6.45) is 12.1. The third-order valence-electron chi connectivity index (χ3n) is 10.7.